The number of halogens is 3. The summed E-state index contributed by atoms with van der Waals surface area (Å²) in [6.07, 6.45) is -4.40. The lowest BCUT2D eigenvalue weighted by atomic mass is 9.99. The van der Waals surface area contributed by atoms with Crippen LogP contribution in [0.5, 0.6) is 11.5 Å². The van der Waals surface area contributed by atoms with Crippen molar-refractivity contribution in [2.45, 2.75) is 6.18 Å². The molecule has 0 radical (unpaired) electrons. The van der Waals surface area contributed by atoms with Gasteiger partial charge in [-0.3, -0.25) is 0 Å². The maximum atomic E-state index is 12.9. The van der Waals surface area contributed by atoms with E-state index >= 15 is 0 Å². The van der Waals surface area contributed by atoms with Crippen molar-refractivity contribution in [1.29, 1.82) is 0 Å². The number of hydrogen-bond acceptors (Lipinski definition) is 3. The molecule has 1 heterocycles. The number of aromatic hydroxyl groups is 2. The van der Waals surface area contributed by atoms with Crippen molar-refractivity contribution in [3.05, 3.63) is 90.5 Å². The zero-order valence-corrected chi connectivity index (χ0v) is 15.6. The third kappa shape index (κ3) is 4.12. The van der Waals surface area contributed by atoms with Crippen LogP contribution in [0.4, 0.5) is 13.2 Å². The van der Waals surface area contributed by atoms with E-state index in [1.807, 2.05) is 0 Å². The molecule has 4 rings (SSSR count). The largest absolute Gasteiger partial charge is 0.508 e. The summed E-state index contributed by atoms with van der Waals surface area (Å²) in [5.74, 6) is 0.200. The molecule has 0 fully saturated rings. The molecule has 150 valence electrons. The molecule has 0 aliphatic rings. The lowest BCUT2D eigenvalue weighted by Gasteiger charge is -2.12. The van der Waals surface area contributed by atoms with E-state index in [2.05, 4.69) is 4.98 Å². The molecule has 2 N–H and O–H groups in total. The molecule has 0 atom stereocenters. The summed E-state index contributed by atoms with van der Waals surface area (Å²) in [6.45, 7) is 0. The number of nitrogens with zero attached hydrogens (tertiary/aromatic N) is 1. The fourth-order valence-corrected chi connectivity index (χ4v) is 3.14. The van der Waals surface area contributed by atoms with Crippen LogP contribution in [0.3, 0.4) is 0 Å². The van der Waals surface area contributed by atoms with Crippen molar-refractivity contribution in [2.75, 3.05) is 0 Å². The van der Waals surface area contributed by atoms with Crippen LogP contribution < -0.4 is 0 Å². The molecule has 0 bridgehead atoms. The summed E-state index contributed by atoms with van der Waals surface area (Å²) in [6, 6.07) is 21.6. The molecule has 0 saturated carbocycles. The molecule has 30 heavy (non-hydrogen) atoms. The molecule has 0 amide bonds. The first-order valence-electron chi connectivity index (χ1n) is 9.08. The van der Waals surface area contributed by atoms with Crippen molar-refractivity contribution in [2.24, 2.45) is 0 Å². The Kier molecular flexibility index (Phi) is 4.91. The van der Waals surface area contributed by atoms with Crippen LogP contribution in [0.1, 0.15) is 5.56 Å². The molecule has 6 heteroatoms. The molecule has 0 unspecified atom stereocenters. The predicted octanol–water partition coefficient (Wildman–Crippen LogP) is 6.51. The molecule has 0 saturated heterocycles. The molecular weight excluding hydrogens is 391 g/mol. The molecule has 3 nitrogen and oxygen atoms in total. The van der Waals surface area contributed by atoms with E-state index in [-0.39, 0.29) is 11.5 Å². The van der Waals surface area contributed by atoms with Gasteiger partial charge in [0, 0.05) is 11.1 Å². The van der Waals surface area contributed by atoms with Gasteiger partial charge in [0.25, 0.3) is 0 Å². The SMILES string of the molecule is Oc1ccc(-c2cc(-c3ccc(C(F)(F)F)cc3)cc(-c3cccc(O)c3)n2)cc1. The van der Waals surface area contributed by atoms with Crippen LogP contribution in [0.15, 0.2) is 84.9 Å². The summed E-state index contributed by atoms with van der Waals surface area (Å²) < 4.78 is 38.7. The van der Waals surface area contributed by atoms with E-state index in [0.717, 1.165) is 17.7 Å². The minimum Gasteiger partial charge on any atom is -0.508 e. The number of phenolic OH excluding ortho intramolecular Hbond substituents is 2. The smallest absolute Gasteiger partial charge is 0.416 e. The number of pyridine rings is 1. The maximum absolute atomic E-state index is 12.9. The Labute approximate surface area is 170 Å². The third-order valence-electron chi connectivity index (χ3n) is 4.68. The van der Waals surface area contributed by atoms with Crippen molar-refractivity contribution in [1.82, 2.24) is 4.98 Å². The van der Waals surface area contributed by atoms with Crippen LogP contribution in [-0.2, 0) is 6.18 Å². The van der Waals surface area contributed by atoms with E-state index in [0.29, 0.717) is 28.1 Å². The van der Waals surface area contributed by atoms with Crippen molar-refractivity contribution in [3.63, 3.8) is 0 Å². The van der Waals surface area contributed by atoms with Gasteiger partial charge in [-0.1, -0.05) is 24.3 Å². The Balaban J connectivity index is 1.86. The van der Waals surface area contributed by atoms with Gasteiger partial charge in [-0.15, -0.1) is 0 Å². The summed E-state index contributed by atoms with van der Waals surface area (Å²) in [7, 11) is 0. The first kappa shape index (κ1) is 19.5. The third-order valence-corrected chi connectivity index (χ3v) is 4.68. The Morgan fingerprint density at radius 3 is 1.77 bits per heavy atom. The van der Waals surface area contributed by atoms with Gasteiger partial charge in [0.15, 0.2) is 0 Å². The van der Waals surface area contributed by atoms with Gasteiger partial charge in [0.1, 0.15) is 11.5 Å². The number of hydrogen-bond donors (Lipinski definition) is 2. The van der Waals surface area contributed by atoms with Crippen molar-refractivity contribution in [3.8, 4) is 45.1 Å². The Bertz CT molecular complexity index is 1180. The molecule has 4 aromatic rings. The van der Waals surface area contributed by atoms with E-state index in [1.165, 1.54) is 24.3 Å². The standard InChI is InChI=1S/C24H16F3NO2/c25-24(26,27)19-8-4-15(5-9-19)18-13-22(16-6-10-20(29)11-7-16)28-23(14-18)17-2-1-3-21(30)12-17/h1-14,29-30H. The summed E-state index contributed by atoms with van der Waals surface area (Å²) >= 11 is 0. The average molecular weight is 407 g/mol. The lowest BCUT2D eigenvalue weighted by Crippen LogP contribution is -2.04. The molecule has 1 aromatic heterocycles. The van der Waals surface area contributed by atoms with Gasteiger partial charge in [-0.05, 0) is 71.8 Å². The molecular formula is C24H16F3NO2. The second-order valence-corrected chi connectivity index (χ2v) is 6.80. The maximum Gasteiger partial charge on any atom is 0.416 e. The molecule has 0 spiro atoms. The highest BCUT2D eigenvalue weighted by Gasteiger charge is 2.30. The van der Waals surface area contributed by atoms with Gasteiger partial charge in [0.05, 0.1) is 17.0 Å². The van der Waals surface area contributed by atoms with Crippen molar-refractivity contribution < 1.29 is 23.4 Å². The molecule has 3 aromatic carbocycles. The Morgan fingerprint density at radius 1 is 0.567 bits per heavy atom. The van der Waals surface area contributed by atoms with Gasteiger partial charge < -0.3 is 10.2 Å². The van der Waals surface area contributed by atoms with E-state index in [9.17, 15) is 23.4 Å². The fourth-order valence-electron chi connectivity index (χ4n) is 3.14. The van der Waals surface area contributed by atoms with Gasteiger partial charge in [0.2, 0.25) is 0 Å². The number of alkyl halides is 3. The summed E-state index contributed by atoms with van der Waals surface area (Å²) in [4.78, 5) is 4.65. The number of rotatable bonds is 3. The first-order chi connectivity index (χ1) is 14.3. The van der Waals surface area contributed by atoms with Gasteiger partial charge in [-0.25, -0.2) is 4.98 Å². The summed E-state index contributed by atoms with van der Waals surface area (Å²) in [5.41, 5.74) is 3.13. The van der Waals surface area contributed by atoms with Crippen LogP contribution in [0.2, 0.25) is 0 Å². The highest BCUT2D eigenvalue weighted by Crippen LogP contribution is 2.34. The molecule has 0 aliphatic heterocycles. The zero-order chi connectivity index (χ0) is 21.3. The Hall–Kier alpha value is -3.80. The summed E-state index contributed by atoms with van der Waals surface area (Å²) in [5, 5.41) is 19.4. The van der Waals surface area contributed by atoms with Gasteiger partial charge >= 0.3 is 6.18 Å². The predicted molar refractivity (Wildman–Crippen MR) is 109 cm³/mol. The van der Waals surface area contributed by atoms with Gasteiger partial charge in [-0.2, -0.15) is 13.2 Å². The van der Waals surface area contributed by atoms with Crippen LogP contribution >= 0.6 is 0 Å². The normalized spacial score (nSPS) is 11.4. The van der Waals surface area contributed by atoms with E-state index in [1.54, 1.807) is 48.5 Å². The topological polar surface area (TPSA) is 53.4 Å². The number of benzene rings is 3. The highest BCUT2D eigenvalue weighted by atomic mass is 19.4. The molecule has 0 aliphatic carbocycles. The quantitative estimate of drug-likeness (QED) is 0.407. The second-order valence-electron chi connectivity index (χ2n) is 6.80. The number of aromatic nitrogens is 1. The first-order valence-corrected chi connectivity index (χ1v) is 9.08. The van der Waals surface area contributed by atoms with E-state index < -0.39 is 11.7 Å². The van der Waals surface area contributed by atoms with Crippen LogP contribution in [0, 0.1) is 0 Å². The highest BCUT2D eigenvalue weighted by molar-refractivity contribution is 5.77. The van der Waals surface area contributed by atoms with Crippen LogP contribution in [-0.4, -0.2) is 15.2 Å². The fraction of sp³-hybridized carbons (Fsp3) is 0.0417. The minimum absolute atomic E-state index is 0.0837. The van der Waals surface area contributed by atoms with Crippen LogP contribution in [0.25, 0.3) is 33.6 Å². The average Bonchev–Trinajstić information content (AvgIpc) is 2.73. The Morgan fingerprint density at radius 2 is 1.17 bits per heavy atom. The zero-order valence-electron chi connectivity index (χ0n) is 15.6. The van der Waals surface area contributed by atoms with E-state index in [4.69, 9.17) is 0 Å². The lowest BCUT2D eigenvalue weighted by molar-refractivity contribution is -0.137. The van der Waals surface area contributed by atoms with Crippen molar-refractivity contribution >= 4 is 0 Å². The minimum atomic E-state index is -4.40. The monoisotopic (exact) mass is 407 g/mol. The second kappa shape index (κ2) is 7.55. The number of phenols is 2.